The maximum absolute atomic E-state index is 13.9. The number of aromatic nitrogens is 4. The summed E-state index contributed by atoms with van der Waals surface area (Å²) in [6.45, 7) is 4.10. The maximum Gasteiger partial charge on any atom is 0.227 e. The first-order valence-electron chi connectivity index (χ1n) is 8.41. The third-order valence-corrected chi connectivity index (χ3v) is 5.38. The minimum Gasteiger partial charge on any atom is -0.308 e. The number of hydrogen-bond acceptors (Lipinski definition) is 3. The number of hydrogen-bond donors (Lipinski definition) is 1. The number of benzene rings is 1. The summed E-state index contributed by atoms with van der Waals surface area (Å²) in [6, 6.07) is 4.44. The van der Waals surface area contributed by atoms with Crippen molar-refractivity contribution in [3.63, 3.8) is 0 Å². The van der Waals surface area contributed by atoms with E-state index in [2.05, 4.69) is 15.5 Å². The molecule has 0 bridgehead atoms. The van der Waals surface area contributed by atoms with Gasteiger partial charge in [0.1, 0.15) is 10.8 Å². The molecule has 0 spiro atoms. The fourth-order valence-corrected chi connectivity index (χ4v) is 3.26. The molecule has 1 N–H and O–H groups in total. The van der Waals surface area contributed by atoms with E-state index in [0.29, 0.717) is 27.8 Å². The lowest BCUT2D eigenvalue weighted by Gasteiger charge is -2.06. The molecule has 0 fully saturated rings. The predicted molar refractivity (Wildman–Crippen MR) is 108 cm³/mol. The van der Waals surface area contributed by atoms with Crippen molar-refractivity contribution in [3.8, 4) is 0 Å². The van der Waals surface area contributed by atoms with Gasteiger partial charge in [-0.1, -0.05) is 40.9 Å². The molecule has 0 radical (unpaired) electrons. The minimum atomic E-state index is -0.437. The molecule has 2 aromatic heterocycles. The summed E-state index contributed by atoms with van der Waals surface area (Å²) >= 11 is 18.3. The van der Waals surface area contributed by atoms with Crippen LogP contribution < -0.4 is 5.32 Å². The molecule has 3 rings (SSSR count). The minimum absolute atomic E-state index is 0.0886. The van der Waals surface area contributed by atoms with Crippen LogP contribution in [0.25, 0.3) is 0 Å². The first-order chi connectivity index (χ1) is 13.3. The quantitative estimate of drug-likeness (QED) is 0.590. The van der Waals surface area contributed by atoms with Gasteiger partial charge < -0.3 is 5.32 Å². The average Bonchev–Trinajstić information content (AvgIpc) is 3.10. The van der Waals surface area contributed by atoms with E-state index in [1.807, 2.05) is 6.92 Å². The average molecular weight is 445 g/mol. The number of nitrogens with one attached hydrogen (secondary N) is 1. The topological polar surface area (TPSA) is 64.7 Å². The molecule has 0 unspecified atom stereocenters. The lowest BCUT2D eigenvalue weighted by Crippen LogP contribution is -2.16. The fraction of sp³-hybridized carbons (Fsp3) is 0.278. The summed E-state index contributed by atoms with van der Waals surface area (Å²) in [5.41, 5.74) is 1.81. The highest BCUT2D eigenvalue weighted by molar-refractivity contribution is 6.33. The second-order valence-corrected chi connectivity index (χ2v) is 7.42. The zero-order valence-electron chi connectivity index (χ0n) is 15.1. The van der Waals surface area contributed by atoms with Crippen LogP contribution in [0.4, 0.5) is 10.2 Å². The van der Waals surface area contributed by atoms with Crippen molar-refractivity contribution in [1.82, 2.24) is 19.6 Å². The monoisotopic (exact) mass is 443 g/mol. The summed E-state index contributed by atoms with van der Waals surface area (Å²) < 4.78 is 17.0. The van der Waals surface area contributed by atoms with Crippen molar-refractivity contribution >= 4 is 46.5 Å². The highest BCUT2D eigenvalue weighted by Gasteiger charge is 2.15. The molecule has 1 amide bonds. The summed E-state index contributed by atoms with van der Waals surface area (Å²) in [7, 11) is 0. The molecule has 0 aliphatic carbocycles. The number of halogens is 4. The van der Waals surface area contributed by atoms with Crippen molar-refractivity contribution < 1.29 is 9.18 Å². The van der Waals surface area contributed by atoms with Crippen LogP contribution in [-0.2, 0) is 17.9 Å². The van der Waals surface area contributed by atoms with Crippen LogP contribution in [0.5, 0.6) is 0 Å². The highest BCUT2D eigenvalue weighted by Crippen LogP contribution is 2.24. The molecule has 0 atom stereocenters. The van der Waals surface area contributed by atoms with Gasteiger partial charge in [-0.15, -0.1) is 0 Å². The Morgan fingerprint density at radius 1 is 1.18 bits per heavy atom. The van der Waals surface area contributed by atoms with Gasteiger partial charge in [0.15, 0.2) is 5.82 Å². The van der Waals surface area contributed by atoms with Gasteiger partial charge in [-0.05, 0) is 26.0 Å². The van der Waals surface area contributed by atoms with E-state index in [0.717, 1.165) is 5.69 Å². The van der Waals surface area contributed by atoms with Crippen molar-refractivity contribution in [3.05, 3.63) is 62.2 Å². The van der Waals surface area contributed by atoms with Gasteiger partial charge in [0.25, 0.3) is 0 Å². The number of rotatable bonds is 6. The summed E-state index contributed by atoms with van der Waals surface area (Å²) in [4.78, 5) is 12.2. The molecule has 6 nitrogen and oxygen atoms in total. The number of carbonyl (C=O) groups excluding carboxylic acids is 1. The number of anilines is 1. The highest BCUT2D eigenvalue weighted by atomic mass is 35.5. The standard InChI is InChI=1S/C18H17Cl3FN5O/c1-10-17(21)11(2)27(24-10)7-6-16(28)23-18-14(20)9-26(25-18)8-12-13(19)4-3-5-15(12)22/h3-5,9H,6-8H2,1-2H3,(H,23,25,28). The summed E-state index contributed by atoms with van der Waals surface area (Å²) in [6.07, 6.45) is 1.67. The van der Waals surface area contributed by atoms with E-state index in [1.54, 1.807) is 17.7 Å². The third kappa shape index (κ3) is 4.48. The Morgan fingerprint density at radius 2 is 1.93 bits per heavy atom. The van der Waals surface area contributed by atoms with Crippen LogP contribution in [0.1, 0.15) is 23.4 Å². The number of carbonyl (C=O) groups is 1. The smallest absolute Gasteiger partial charge is 0.227 e. The van der Waals surface area contributed by atoms with Crippen LogP contribution in [0.15, 0.2) is 24.4 Å². The van der Waals surface area contributed by atoms with Gasteiger partial charge in [0.05, 0.1) is 29.5 Å². The Bertz CT molecular complexity index is 1010. The molecule has 3 aromatic rings. The third-order valence-electron chi connectivity index (χ3n) is 4.20. The van der Waals surface area contributed by atoms with Crippen molar-refractivity contribution in [2.45, 2.75) is 33.4 Å². The number of amides is 1. The zero-order chi connectivity index (χ0) is 20.4. The van der Waals surface area contributed by atoms with Gasteiger partial charge >= 0.3 is 0 Å². The van der Waals surface area contributed by atoms with Crippen molar-refractivity contribution in [1.29, 1.82) is 0 Å². The molecule has 148 valence electrons. The van der Waals surface area contributed by atoms with E-state index in [9.17, 15) is 9.18 Å². The largest absolute Gasteiger partial charge is 0.308 e. The molecular formula is C18H17Cl3FN5O. The Morgan fingerprint density at radius 3 is 2.57 bits per heavy atom. The Balaban J connectivity index is 1.64. The number of nitrogens with zero attached hydrogens (tertiary/aromatic N) is 4. The molecular weight excluding hydrogens is 428 g/mol. The molecule has 28 heavy (non-hydrogen) atoms. The SMILES string of the molecule is Cc1nn(CCC(=O)Nc2nn(Cc3c(F)cccc3Cl)cc2Cl)c(C)c1Cl. The first-order valence-corrected chi connectivity index (χ1v) is 9.55. The normalized spacial score (nSPS) is 11.1. The Hall–Kier alpha value is -2.09. The molecule has 0 aliphatic rings. The molecule has 0 saturated heterocycles. The predicted octanol–water partition coefficient (Wildman–Crippen LogP) is 4.87. The molecule has 0 aliphatic heterocycles. The zero-order valence-corrected chi connectivity index (χ0v) is 17.4. The van der Waals surface area contributed by atoms with Crippen molar-refractivity contribution in [2.75, 3.05) is 5.32 Å². The van der Waals surface area contributed by atoms with Crippen LogP contribution in [0.3, 0.4) is 0 Å². The first kappa shape index (κ1) is 20.6. The van der Waals surface area contributed by atoms with E-state index in [1.165, 1.54) is 23.0 Å². The van der Waals surface area contributed by atoms with Crippen LogP contribution >= 0.6 is 34.8 Å². The van der Waals surface area contributed by atoms with Crippen molar-refractivity contribution in [2.24, 2.45) is 0 Å². The van der Waals surface area contributed by atoms with Gasteiger partial charge in [0, 0.05) is 23.2 Å². The fourth-order valence-electron chi connectivity index (χ4n) is 2.70. The molecule has 1 aromatic carbocycles. The molecule has 10 heteroatoms. The second-order valence-electron chi connectivity index (χ2n) is 6.23. The van der Waals surface area contributed by atoms with Crippen LogP contribution in [0.2, 0.25) is 15.1 Å². The van der Waals surface area contributed by atoms with Gasteiger partial charge in [-0.2, -0.15) is 10.2 Å². The molecule has 2 heterocycles. The second kappa shape index (κ2) is 8.51. The summed E-state index contributed by atoms with van der Waals surface area (Å²) in [5, 5.41) is 12.3. The lowest BCUT2D eigenvalue weighted by atomic mass is 10.2. The molecule has 0 saturated carbocycles. The summed E-state index contributed by atoms with van der Waals surface area (Å²) in [5.74, 6) is -0.515. The Labute approximate surface area is 176 Å². The maximum atomic E-state index is 13.9. The lowest BCUT2D eigenvalue weighted by molar-refractivity contribution is -0.116. The van der Waals surface area contributed by atoms with Gasteiger partial charge in [0.2, 0.25) is 5.91 Å². The van der Waals surface area contributed by atoms with E-state index in [-0.39, 0.29) is 29.7 Å². The van der Waals surface area contributed by atoms with E-state index < -0.39 is 5.82 Å². The van der Waals surface area contributed by atoms with Crippen LogP contribution in [-0.4, -0.2) is 25.5 Å². The van der Waals surface area contributed by atoms with E-state index in [4.69, 9.17) is 34.8 Å². The van der Waals surface area contributed by atoms with Gasteiger partial charge in [-0.25, -0.2) is 4.39 Å². The number of aryl methyl sites for hydroxylation is 2. The van der Waals surface area contributed by atoms with E-state index >= 15 is 0 Å². The van der Waals surface area contributed by atoms with Crippen LogP contribution in [0, 0.1) is 19.7 Å². The van der Waals surface area contributed by atoms with Gasteiger partial charge in [-0.3, -0.25) is 14.2 Å². The Kier molecular flexibility index (Phi) is 6.27.